The van der Waals surface area contributed by atoms with Crippen LogP contribution in [0.3, 0.4) is 0 Å². The Balaban J connectivity index is 2.24. The Morgan fingerprint density at radius 2 is 2.46 bits per heavy atom. The molecule has 0 unspecified atom stereocenters. The topological polar surface area (TPSA) is 43.8 Å². The van der Waals surface area contributed by atoms with E-state index >= 15 is 0 Å². The van der Waals surface area contributed by atoms with Crippen LogP contribution in [0, 0.1) is 6.92 Å². The van der Waals surface area contributed by atoms with Crippen molar-refractivity contribution in [2.45, 2.75) is 13.5 Å². The van der Waals surface area contributed by atoms with Gasteiger partial charge in [-0.15, -0.1) is 0 Å². The SMILES string of the molecule is Cc1cnn(Cc2ccsc2)c1N. The Morgan fingerprint density at radius 1 is 1.62 bits per heavy atom. The molecule has 2 heterocycles. The summed E-state index contributed by atoms with van der Waals surface area (Å²) >= 11 is 1.69. The van der Waals surface area contributed by atoms with Gasteiger partial charge >= 0.3 is 0 Å². The average molecular weight is 193 g/mol. The van der Waals surface area contributed by atoms with Crippen molar-refractivity contribution in [3.8, 4) is 0 Å². The van der Waals surface area contributed by atoms with Crippen LogP contribution in [0.2, 0.25) is 0 Å². The van der Waals surface area contributed by atoms with E-state index in [4.69, 9.17) is 5.73 Å². The van der Waals surface area contributed by atoms with Crippen LogP contribution in [0.5, 0.6) is 0 Å². The lowest BCUT2D eigenvalue weighted by molar-refractivity contribution is 0.698. The molecule has 0 bridgehead atoms. The van der Waals surface area contributed by atoms with Gasteiger partial charge in [0, 0.05) is 5.56 Å². The number of anilines is 1. The average Bonchev–Trinajstić information content (AvgIpc) is 2.71. The summed E-state index contributed by atoms with van der Waals surface area (Å²) in [5.74, 6) is 0.756. The molecule has 0 atom stereocenters. The molecule has 0 spiro atoms. The van der Waals surface area contributed by atoms with Gasteiger partial charge in [0.1, 0.15) is 5.82 Å². The van der Waals surface area contributed by atoms with Gasteiger partial charge in [-0.25, -0.2) is 4.68 Å². The first-order chi connectivity index (χ1) is 6.27. The fourth-order valence-corrected chi connectivity index (χ4v) is 1.83. The second-order valence-electron chi connectivity index (χ2n) is 3.00. The van der Waals surface area contributed by atoms with Crippen molar-refractivity contribution in [2.24, 2.45) is 0 Å². The molecule has 0 aliphatic heterocycles. The lowest BCUT2D eigenvalue weighted by Crippen LogP contribution is -2.05. The van der Waals surface area contributed by atoms with Gasteiger partial charge in [-0.05, 0) is 29.3 Å². The fraction of sp³-hybridized carbons (Fsp3) is 0.222. The minimum Gasteiger partial charge on any atom is -0.384 e. The zero-order valence-corrected chi connectivity index (χ0v) is 8.21. The molecule has 0 aliphatic rings. The van der Waals surface area contributed by atoms with Gasteiger partial charge in [-0.3, -0.25) is 0 Å². The summed E-state index contributed by atoms with van der Waals surface area (Å²) in [6.07, 6.45) is 1.79. The minimum atomic E-state index is 0.756. The van der Waals surface area contributed by atoms with Crippen molar-refractivity contribution >= 4 is 17.2 Å². The molecule has 2 rings (SSSR count). The summed E-state index contributed by atoms with van der Waals surface area (Å²) in [5, 5.41) is 8.35. The maximum absolute atomic E-state index is 5.82. The van der Waals surface area contributed by atoms with Crippen LogP contribution >= 0.6 is 11.3 Å². The largest absolute Gasteiger partial charge is 0.384 e. The summed E-state index contributed by atoms with van der Waals surface area (Å²) in [7, 11) is 0. The standard InChI is InChI=1S/C9H11N3S/c1-7-4-11-12(9(7)10)5-8-2-3-13-6-8/h2-4,6H,5,10H2,1H3. The molecule has 2 aromatic rings. The highest BCUT2D eigenvalue weighted by molar-refractivity contribution is 7.07. The van der Waals surface area contributed by atoms with E-state index < -0.39 is 0 Å². The van der Waals surface area contributed by atoms with E-state index in [1.807, 2.05) is 11.6 Å². The third-order valence-electron chi connectivity index (χ3n) is 1.99. The van der Waals surface area contributed by atoms with Crippen LogP contribution in [-0.4, -0.2) is 9.78 Å². The van der Waals surface area contributed by atoms with Gasteiger partial charge in [-0.2, -0.15) is 16.4 Å². The van der Waals surface area contributed by atoms with Gasteiger partial charge in [0.15, 0.2) is 0 Å². The number of thiophene rings is 1. The van der Waals surface area contributed by atoms with Crippen LogP contribution in [0.1, 0.15) is 11.1 Å². The monoisotopic (exact) mass is 193 g/mol. The normalized spacial score (nSPS) is 10.5. The van der Waals surface area contributed by atoms with Crippen LogP contribution in [-0.2, 0) is 6.54 Å². The highest BCUT2D eigenvalue weighted by Gasteiger charge is 2.03. The molecule has 68 valence electrons. The van der Waals surface area contributed by atoms with Crippen molar-refractivity contribution in [2.75, 3.05) is 5.73 Å². The quantitative estimate of drug-likeness (QED) is 0.791. The van der Waals surface area contributed by atoms with Gasteiger partial charge in [-0.1, -0.05) is 0 Å². The number of hydrogen-bond donors (Lipinski definition) is 1. The number of nitrogens with zero attached hydrogens (tertiary/aromatic N) is 2. The predicted molar refractivity (Wildman–Crippen MR) is 54.8 cm³/mol. The molecule has 0 amide bonds. The number of rotatable bonds is 2. The lowest BCUT2D eigenvalue weighted by Gasteiger charge is -2.01. The fourth-order valence-electron chi connectivity index (χ4n) is 1.17. The van der Waals surface area contributed by atoms with E-state index in [1.165, 1.54) is 5.56 Å². The molecule has 3 nitrogen and oxygen atoms in total. The van der Waals surface area contributed by atoms with Gasteiger partial charge in [0.05, 0.1) is 12.7 Å². The molecule has 0 saturated carbocycles. The smallest absolute Gasteiger partial charge is 0.124 e. The molecule has 13 heavy (non-hydrogen) atoms. The second-order valence-corrected chi connectivity index (χ2v) is 3.78. The van der Waals surface area contributed by atoms with Crippen LogP contribution in [0.15, 0.2) is 23.0 Å². The Labute approximate surface area is 80.8 Å². The Morgan fingerprint density at radius 3 is 3.00 bits per heavy atom. The first kappa shape index (κ1) is 8.31. The van der Waals surface area contributed by atoms with Crippen LogP contribution in [0.25, 0.3) is 0 Å². The Bertz CT molecular complexity index is 389. The van der Waals surface area contributed by atoms with Crippen molar-refractivity contribution in [3.63, 3.8) is 0 Å². The number of aromatic nitrogens is 2. The van der Waals surface area contributed by atoms with E-state index in [0.29, 0.717) is 0 Å². The van der Waals surface area contributed by atoms with E-state index in [1.54, 1.807) is 17.5 Å². The van der Waals surface area contributed by atoms with Crippen molar-refractivity contribution in [1.29, 1.82) is 0 Å². The molecule has 0 saturated heterocycles. The van der Waals surface area contributed by atoms with E-state index in [0.717, 1.165) is 17.9 Å². The highest BCUT2D eigenvalue weighted by atomic mass is 32.1. The lowest BCUT2D eigenvalue weighted by atomic mass is 10.3. The molecule has 0 radical (unpaired) electrons. The van der Waals surface area contributed by atoms with Crippen molar-refractivity contribution < 1.29 is 0 Å². The first-order valence-corrected chi connectivity index (χ1v) is 5.00. The van der Waals surface area contributed by atoms with Crippen molar-refractivity contribution in [3.05, 3.63) is 34.2 Å². The Hall–Kier alpha value is -1.29. The number of aryl methyl sites for hydroxylation is 1. The summed E-state index contributed by atoms with van der Waals surface area (Å²) in [4.78, 5) is 0. The number of nitrogen functional groups attached to an aromatic ring is 1. The molecule has 4 heteroatoms. The maximum atomic E-state index is 5.82. The van der Waals surface area contributed by atoms with Gasteiger partial charge in [0.25, 0.3) is 0 Å². The van der Waals surface area contributed by atoms with Crippen LogP contribution in [0.4, 0.5) is 5.82 Å². The maximum Gasteiger partial charge on any atom is 0.124 e. The highest BCUT2D eigenvalue weighted by Crippen LogP contribution is 2.13. The Kier molecular flexibility index (Phi) is 2.06. The number of hydrogen-bond acceptors (Lipinski definition) is 3. The summed E-state index contributed by atoms with van der Waals surface area (Å²) in [6.45, 7) is 2.73. The predicted octanol–water partition coefficient (Wildman–Crippen LogP) is 1.88. The van der Waals surface area contributed by atoms with Crippen molar-refractivity contribution in [1.82, 2.24) is 9.78 Å². The zero-order valence-electron chi connectivity index (χ0n) is 7.40. The zero-order chi connectivity index (χ0) is 9.26. The van der Waals surface area contributed by atoms with Gasteiger partial charge < -0.3 is 5.73 Å². The summed E-state index contributed by atoms with van der Waals surface area (Å²) in [6, 6.07) is 2.08. The minimum absolute atomic E-state index is 0.756. The van der Waals surface area contributed by atoms with Crippen LogP contribution < -0.4 is 5.73 Å². The van der Waals surface area contributed by atoms with E-state index in [2.05, 4.69) is 21.9 Å². The third-order valence-corrected chi connectivity index (χ3v) is 2.72. The second kappa shape index (κ2) is 3.22. The molecule has 0 fully saturated rings. The van der Waals surface area contributed by atoms with Gasteiger partial charge in [0.2, 0.25) is 0 Å². The van der Waals surface area contributed by atoms with E-state index in [9.17, 15) is 0 Å². The summed E-state index contributed by atoms with van der Waals surface area (Å²) in [5.41, 5.74) is 8.11. The third kappa shape index (κ3) is 1.58. The first-order valence-electron chi connectivity index (χ1n) is 4.06. The molecular formula is C9H11N3S. The molecular weight excluding hydrogens is 182 g/mol. The number of nitrogens with two attached hydrogens (primary N) is 1. The molecule has 0 aliphatic carbocycles. The molecule has 0 aromatic carbocycles. The summed E-state index contributed by atoms with van der Waals surface area (Å²) < 4.78 is 1.82. The molecule has 2 aromatic heterocycles. The molecule has 2 N–H and O–H groups in total. The van der Waals surface area contributed by atoms with E-state index in [-0.39, 0.29) is 0 Å².